The Morgan fingerprint density at radius 1 is 1.17 bits per heavy atom. The van der Waals surface area contributed by atoms with Crippen molar-refractivity contribution in [3.8, 4) is 0 Å². The van der Waals surface area contributed by atoms with Crippen molar-refractivity contribution in [1.82, 2.24) is 9.47 Å². The molecule has 0 fully saturated rings. The van der Waals surface area contributed by atoms with E-state index in [1.165, 1.54) is 29.3 Å². The lowest BCUT2D eigenvalue weighted by atomic mass is 10.1. The van der Waals surface area contributed by atoms with Crippen LogP contribution in [-0.2, 0) is 13.1 Å². The molecule has 0 unspecified atom stereocenters. The Kier molecular flexibility index (Phi) is 7.52. The van der Waals surface area contributed by atoms with Crippen molar-refractivity contribution >= 4 is 23.3 Å². The first-order chi connectivity index (χ1) is 14.5. The summed E-state index contributed by atoms with van der Waals surface area (Å²) in [6, 6.07) is 16.3. The Hall–Kier alpha value is -2.79. The number of urea groups is 1. The number of anilines is 1. The lowest BCUT2D eigenvalue weighted by molar-refractivity contribution is 0.207. The largest absolute Gasteiger partial charge is 0.345 e. The molecule has 0 aliphatic heterocycles. The van der Waals surface area contributed by atoms with E-state index in [9.17, 15) is 9.18 Å². The van der Waals surface area contributed by atoms with Crippen LogP contribution >= 0.6 is 11.6 Å². The minimum atomic E-state index is -0.508. The molecule has 30 heavy (non-hydrogen) atoms. The second-order valence-corrected chi connectivity index (χ2v) is 7.80. The summed E-state index contributed by atoms with van der Waals surface area (Å²) in [5.74, 6) is -0.508. The van der Waals surface area contributed by atoms with Crippen LogP contribution in [0.1, 0.15) is 36.6 Å². The molecule has 3 rings (SSSR count). The molecule has 1 aromatic heterocycles. The van der Waals surface area contributed by atoms with Crippen molar-refractivity contribution in [2.45, 2.75) is 39.8 Å². The first kappa shape index (κ1) is 21.9. The zero-order valence-electron chi connectivity index (χ0n) is 17.4. The molecule has 0 saturated carbocycles. The Labute approximate surface area is 182 Å². The smallest absolute Gasteiger partial charge is 0.322 e. The molecule has 2 amide bonds. The Balaban J connectivity index is 1.75. The van der Waals surface area contributed by atoms with Gasteiger partial charge in [-0.2, -0.15) is 0 Å². The minimum Gasteiger partial charge on any atom is -0.345 e. The van der Waals surface area contributed by atoms with E-state index in [0.29, 0.717) is 18.8 Å². The van der Waals surface area contributed by atoms with Gasteiger partial charge in [0.1, 0.15) is 5.82 Å². The van der Waals surface area contributed by atoms with E-state index in [0.717, 1.165) is 25.1 Å². The van der Waals surface area contributed by atoms with E-state index >= 15 is 0 Å². The number of amides is 2. The zero-order chi connectivity index (χ0) is 21.5. The highest BCUT2D eigenvalue weighted by Crippen LogP contribution is 2.20. The van der Waals surface area contributed by atoms with Gasteiger partial charge in [0.2, 0.25) is 0 Å². The van der Waals surface area contributed by atoms with Gasteiger partial charge in [-0.05, 0) is 54.8 Å². The maximum Gasteiger partial charge on any atom is 0.322 e. The number of halogens is 2. The van der Waals surface area contributed by atoms with Crippen molar-refractivity contribution in [3.63, 3.8) is 0 Å². The first-order valence-corrected chi connectivity index (χ1v) is 10.5. The number of unbranched alkanes of at least 4 members (excludes halogenated alkanes) is 1. The molecule has 1 heterocycles. The number of carbonyl (C=O) groups excluding carboxylic acids is 1. The summed E-state index contributed by atoms with van der Waals surface area (Å²) in [4.78, 5) is 14.7. The molecule has 3 aromatic rings. The van der Waals surface area contributed by atoms with E-state index < -0.39 is 5.82 Å². The van der Waals surface area contributed by atoms with Gasteiger partial charge < -0.3 is 14.8 Å². The van der Waals surface area contributed by atoms with Gasteiger partial charge in [-0.25, -0.2) is 9.18 Å². The maximum absolute atomic E-state index is 13.4. The first-order valence-electron chi connectivity index (χ1n) is 10.2. The predicted molar refractivity (Wildman–Crippen MR) is 120 cm³/mol. The fourth-order valence-electron chi connectivity index (χ4n) is 3.29. The van der Waals surface area contributed by atoms with Crippen molar-refractivity contribution in [2.75, 3.05) is 11.9 Å². The van der Waals surface area contributed by atoms with Crippen LogP contribution in [-0.4, -0.2) is 22.0 Å². The number of aromatic nitrogens is 1. The summed E-state index contributed by atoms with van der Waals surface area (Å²) in [5, 5.41) is 2.82. The third kappa shape index (κ3) is 5.63. The van der Waals surface area contributed by atoms with Crippen LogP contribution in [0, 0.1) is 12.7 Å². The standard InChI is InChI=1S/C24H27ClFN3O/c1-3-4-13-29(24(30)27-20-11-12-23(26)22(25)15-20)17-21-10-7-14-28(21)16-19-9-6-5-8-18(19)2/h5-12,14-15H,3-4,13,16-17H2,1-2H3,(H,27,30). The van der Waals surface area contributed by atoms with E-state index in [4.69, 9.17) is 11.6 Å². The van der Waals surface area contributed by atoms with Crippen LogP contribution in [0.4, 0.5) is 14.9 Å². The maximum atomic E-state index is 13.4. The molecule has 0 atom stereocenters. The molecule has 4 nitrogen and oxygen atoms in total. The number of rotatable bonds is 8. The molecule has 0 aliphatic rings. The van der Waals surface area contributed by atoms with E-state index in [2.05, 4.69) is 35.9 Å². The lowest BCUT2D eigenvalue weighted by Crippen LogP contribution is -2.36. The van der Waals surface area contributed by atoms with Crippen molar-refractivity contribution in [3.05, 3.63) is 88.5 Å². The Bertz CT molecular complexity index is 1000. The molecule has 1 N–H and O–H groups in total. The summed E-state index contributed by atoms with van der Waals surface area (Å²) in [6.07, 6.45) is 3.92. The second-order valence-electron chi connectivity index (χ2n) is 7.39. The van der Waals surface area contributed by atoms with Gasteiger partial charge in [0.15, 0.2) is 0 Å². The summed E-state index contributed by atoms with van der Waals surface area (Å²) in [7, 11) is 0. The van der Waals surface area contributed by atoms with Crippen LogP contribution in [0.25, 0.3) is 0 Å². The van der Waals surface area contributed by atoms with Crippen LogP contribution in [0.2, 0.25) is 5.02 Å². The van der Waals surface area contributed by atoms with Gasteiger partial charge in [-0.15, -0.1) is 0 Å². The quantitative estimate of drug-likeness (QED) is 0.439. The Morgan fingerprint density at radius 3 is 2.70 bits per heavy atom. The molecular weight excluding hydrogens is 401 g/mol. The third-order valence-electron chi connectivity index (χ3n) is 5.12. The average molecular weight is 428 g/mol. The zero-order valence-corrected chi connectivity index (χ0v) is 18.1. The number of aryl methyl sites for hydroxylation is 1. The van der Waals surface area contributed by atoms with Gasteiger partial charge in [-0.1, -0.05) is 49.2 Å². The van der Waals surface area contributed by atoms with Crippen LogP contribution in [0.3, 0.4) is 0 Å². The molecule has 0 bridgehead atoms. The highest BCUT2D eigenvalue weighted by atomic mass is 35.5. The molecular formula is C24H27ClFN3O. The molecule has 0 aliphatic carbocycles. The number of carbonyl (C=O) groups is 1. The summed E-state index contributed by atoms with van der Waals surface area (Å²) < 4.78 is 15.6. The fourth-order valence-corrected chi connectivity index (χ4v) is 3.47. The SMILES string of the molecule is CCCCN(Cc1cccn1Cc1ccccc1C)C(=O)Nc1ccc(F)c(Cl)c1. The molecule has 0 spiro atoms. The second kappa shape index (κ2) is 10.3. The van der Waals surface area contributed by atoms with Crippen molar-refractivity contribution in [1.29, 1.82) is 0 Å². The van der Waals surface area contributed by atoms with Gasteiger partial charge in [0.05, 0.1) is 11.6 Å². The highest BCUT2D eigenvalue weighted by molar-refractivity contribution is 6.31. The number of benzene rings is 2. The number of nitrogens with one attached hydrogen (secondary N) is 1. The number of nitrogens with zero attached hydrogens (tertiary/aromatic N) is 2. The van der Waals surface area contributed by atoms with E-state index in [-0.39, 0.29) is 11.1 Å². The summed E-state index contributed by atoms with van der Waals surface area (Å²) in [5.41, 5.74) is 4.02. The third-order valence-corrected chi connectivity index (χ3v) is 5.41. The number of hydrogen-bond acceptors (Lipinski definition) is 1. The van der Waals surface area contributed by atoms with Gasteiger partial charge in [0.25, 0.3) is 0 Å². The van der Waals surface area contributed by atoms with Crippen LogP contribution in [0.15, 0.2) is 60.8 Å². The van der Waals surface area contributed by atoms with E-state index in [1.807, 2.05) is 30.5 Å². The van der Waals surface area contributed by atoms with Crippen molar-refractivity contribution < 1.29 is 9.18 Å². The number of hydrogen-bond donors (Lipinski definition) is 1. The molecule has 0 saturated heterocycles. The Morgan fingerprint density at radius 2 is 1.97 bits per heavy atom. The minimum absolute atomic E-state index is 0.0139. The monoisotopic (exact) mass is 427 g/mol. The van der Waals surface area contributed by atoms with Gasteiger partial charge in [0, 0.05) is 30.7 Å². The summed E-state index contributed by atoms with van der Waals surface area (Å²) >= 11 is 5.84. The fraction of sp³-hybridized carbons (Fsp3) is 0.292. The van der Waals surface area contributed by atoms with E-state index in [1.54, 1.807) is 4.90 Å². The highest BCUT2D eigenvalue weighted by Gasteiger charge is 2.16. The van der Waals surface area contributed by atoms with Gasteiger partial charge in [-0.3, -0.25) is 0 Å². The molecule has 2 aromatic carbocycles. The topological polar surface area (TPSA) is 37.3 Å². The molecule has 6 heteroatoms. The van der Waals surface area contributed by atoms with Gasteiger partial charge >= 0.3 is 6.03 Å². The summed E-state index contributed by atoms with van der Waals surface area (Å²) in [6.45, 7) is 6.07. The average Bonchev–Trinajstić information content (AvgIpc) is 3.16. The molecule has 0 radical (unpaired) electrons. The predicted octanol–water partition coefficient (Wildman–Crippen LogP) is 6.47. The van der Waals surface area contributed by atoms with Crippen molar-refractivity contribution in [2.24, 2.45) is 0 Å². The lowest BCUT2D eigenvalue weighted by Gasteiger charge is -2.24. The van der Waals surface area contributed by atoms with Crippen LogP contribution in [0.5, 0.6) is 0 Å². The molecule has 158 valence electrons. The normalized spacial score (nSPS) is 10.8. The van der Waals surface area contributed by atoms with Crippen LogP contribution < -0.4 is 5.32 Å².